The highest BCUT2D eigenvalue weighted by Gasteiger charge is 2.37. The van der Waals surface area contributed by atoms with E-state index in [0.717, 1.165) is 22.0 Å². The van der Waals surface area contributed by atoms with Crippen LogP contribution in [-0.2, 0) is 9.59 Å². The number of carbonyl (C=O) groups excluding carboxylic acids is 3. The van der Waals surface area contributed by atoms with Gasteiger partial charge in [0.15, 0.2) is 0 Å². The topological polar surface area (TPSA) is 95.2 Å². The summed E-state index contributed by atoms with van der Waals surface area (Å²) in [6, 6.07) is 16.4. The number of rotatable bonds is 3. The number of imide groups is 2. The molecular weight excluding hydrogens is 428 g/mol. The molecule has 1 N–H and O–H groups in total. The van der Waals surface area contributed by atoms with E-state index in [1.54, 1.807) is 24.3 Å². The van der Waals surface area contributed by atoms with E-state index >= 15 is 0 Å². The van der Waals surface area contributed by atoms with E-state index in [1.807, 2.05) is 36.6 Å². The molecule has 0 unspecified atom stereocenters. The zero-order valence-corrected chi connectivity index (χ0v) is 18.0. The molecule has 0 atom stereocenters. The third kappa shape index (κ3) is 3.68. The number of nitrogens with zero attached hydrogens (tertiary/aromatic N) is 3. The largest absolute Gasteiger partial charge is 0.335 e. The first-order valence-corrected chi connectivity index (χ1v) is 10.0. The second-order valence-corrected chi connectivity index (χ2v) is 7.69. The molecule has 1 aromatic heterocycles. The van der Waals surface area contributed by atoms with Gasteiger partial charge in [0.2, 0.25) is 0 Å². The molecular formula is C24H17ClN4O3. The Balaban J connectivity index is 1.74. The van der Waals surface area contributed by atoms with Crippen LogP contribution >= 0.6 is 11.6 Å². The quantitative estimate of drug-likeness (QED) is 0.481. The Hall–Kier alpha value is -4.15. The predicted octanol–water partition coefficient (Wildman–Crippen LogP) is 4.29. The molecule has 4 rings (SSSR count). The molecule has 0 aliphatic carbocycles. The molecule has 0 saturated carbocycles. The molecule has 32 heavy (non-hydrogen) atoms. The fourth-order valence-electron chi connectivity index (χ4n) is 3.65. The Morgan fingerprint density at radius 3 is 2.22 bits per heavy atom. The number of nitriles is 1. The fourth-order valence-corrected chi connectivity index (χ4v) is 3.78. The van der Waals surface area contributed by atoms with Crippen LogP contribution in [-0.4, -0.2) is 22.4 Å². The second kappa shape index (κ2) is 8.17. The number of barbiturate groups is 1. The maximum atomic E-state index is 13.1. The lowest BCUT2D eigenvalue weighted by atomic mass is 10.1. The fraction of sp³-hybridized carbons (Fsp3) is 0.0833. The van der Waals surface area contributed by atoms with Crippen molar-refractivity contribution in [3.63, 3.8) is 0 Å². The first kappa shape index (κ1) is 21.1. The number of hydrogen-bond acceptors (Lipinski definition) is 4. The summed E-state index contributed by atoms with van der Waals surface area (Å²) in [5, 5.41) is 11.7. The molecule has 3 aromatic rings. The lowest BCUT2D eigenvalue weighted by Crippen LogP contribution is -2.54. The van der Waals surface area contributed by atoms with E-state index in [0.29, 0.717) is 21.8 Å². The van der Waals surface area contributed by atoms with Crippen molar-refractivity contribution in [1.82, 2.24) is 9.88 Å². The van der Waals surface area contributed by atoms with Gasteiger partial charge in [-0.05, 0) is 80.1 Å². The highest BCUT2D eigenvalue weighted by atomic mass is 35.5. The number of benzene rings is 2. The third-order valence-corrected chi connectivity index (χ3v) is 5.46. The molecule has 2 heterocycles. The van der Waals surface area contributed by atoms with Gasteiger partial charge in [-0.15, -0.1) is 0 Å². The molecule has 0 bridgehead atoms. The molecule has 2 aromatic carbocycles. The molecule has 1 fully saturated rings. The van der Waals surface area contributed by atoms with Gasteiger partial charge in [-0.3, -0.25) is 14.9 Å². The smallest absolute Gasteiger partial charge is 0.318 e. The minimum atomic E-state index is -0.817. The lowest BCUT2D eigenvalue weighted by molar-refractivity contribution is -0.122. The van der Waals surface area contributed by atoms with E-state index in [4.69, 9.17) is 16.9 Å². The van der Waals surface area contributed by atoms with Crippen LogP contribution in [0.2, 0.25) is 5.02 Å². The van der Waals surface area contributed by atoms with Crippen molar-refractivity contribution in [1.29, 1.82) is 5.26 Å². The summed E-state index contributed by atoms with van der Waals surface area (Å²) in [5.41, 5.74) is 3.90. The Labute approximate surface area is 189 Å². The summed E-state index contributed by atoms with van der Waals surface area (Å²) in [6.07, 6.45) is 1.48. The van der Waals surface area contributed by atoms with Gasteiger partial charge >= 0.3 is 6.03 Å². The summed E-state index contributed by atoms with van der Waals surface area (Å²) in [7, 11) is 0. The Bertz CT molecular complexity index is 1330. The van der Waals surface area contributed by atoms with Gasteiger partial charge in [0, 0.05) is 22.1 Å². The average molecular weight is 445 g/mol. The standard InChI is InChI=1S/C24H17ClN4O3/c1-14-11-17(15(2)28(14)19-7-3-16(13-26)4-8-19)12-21-22(30)27-24(32)29(23(21)31)20-9-5-18(25)6-10-20/h3-12H,1-2H3,(H,27,30,32)/b21-12+. The van der Waals surface area contributed by atoms with Crippen molar-refractivity contribution in [3.8, 4) is 11.8 Å². The minimum Gasteiger partial charge on any atom is -0.318 e. The lowest BCUT2D eigenvalue weighted by Gasteiger charge is -2.26. The highest BCUT2D eigenvalue weighted by molar-refractivity contribution is 6.39. The highest BCUT2D eigenvalue weighted by Crippen LogP contribution is 2.26. The van der Waals surface area contributed by atoms with Crippen molar-refractivity contribution in [2.75, 3.05) is 4.90 Å². The van der Waals surface area contributed by atoms with Gasteiger partial charge in [-0.25, -0.2) is 9.69 Å². The SMILES string of the molecule is Cc1cc(/C=C2\C(=O)NC(=O)N(c3ccc(Cl)cc3)C2=O)c(C)n1-c1ccc(C#N)cc1. The van der Waals surface area contributed by atoms with Crippen LogP contribution in [0.15, 0.2) is 60.2 Å². The van der Waals surface area contributed by atoms with E-state index in [-0.39, 0.29) is 5.57 Å². The molecule has 4 amide bonds. The molecule has 7 nitrogen and oxygen atoms in total. The number of anilines is 1. The maximum Gasteiger partial charge on any atom is 0.335 e. The Kier molecular flexibility index (Phi) is 5.39. The van der Waals surface area contributed by atoms with Crippen LogP contribution in [0, 0.1) is 25.2 Å². The summed E-state index contributed by atoms with van der Waals surface area (Å²) in [6.45, 7) is 3.77. The molecule has 1 aliphatic heterocycles. The number of aryl methyl sites for hydroxylation is 1. The van der Waals surface area contributed by atoms with E-state index in [1.165, 1.54) is 18.2 Å². The number of amides is 4. The van der Waals surface area contributed by atoms with Crippen molar-refractivity contribution >= 4 is 41.2 Å². The van der Waals surface area contributed by atoms with Gasteiger partial charge in [0.05, 0.1) is 17.3 Å². The summed E-state index contributed by atoms with van der Waals surface area (Å²) >= 11 is 5.90. The Morgan fingerprint density at radius 1 is 0.969 bits per heavy atom. The van der Waals surface area contributed by atoms with Crippen LogP contribution in [0.5, 0.6) is 0 Å². The van der Waals surface area contributed by atoms with Gasteiger partial charge in [0.25, 0.3) is 11.8 Å². The second-order valence-electron chi connectivity index (χ2n) is 7.25. The normalized spacial score (nSPS) is 15.1. The number of urea groups is 1. The molecule has 158 valence electrons. The van der Waals surface area contributed by atoms with Crippen molar-refractivity contribution in [2.24, 2.45) is 0 Å². The minimum absolute atomic E-state index is 0.153. The van der Waals surface area contributed by atoms with Crippen molar-refractivity contribution in [3.05, 3.63) is 87.7 Å². The average Bonchev–Trinajstić information content (AvgIpc) is 3.05. The van der Waals surface area contributed by atoms with Crippen LogP contribution in [0.1, 0.15) is 22.5 Å². The van der Waals surface area contributed by atoms with Crippen LogP contribution in [0.3, 0.4) is 0 Å². The molecule has 0 spiro atoms. The zero-order chi connectivity index (χ0) is 23.0. The number of nitrogens with one attached hydrogen (secondary N) is 1. The van der Waals surface area contributed by atoms with Gasteiger partial charge in [-0.1, -0.05) is 11.6 Å². The predicted molar refractivity (Wildman–Crippen MR) is 120 cm³/mol. The number of hydrogen-bond donors (Lipinski definition) is 1. The molecule has 8 heteroatoms. The first-order valence-electron chi connectivity index (χ1n) is 9.66. The van der Waals surface area contributed by atoms with Gasteiger partial charge in [0.1, 0.15) is 5.57 Å². The molecule has 0 radical (unpaired) electrons. The van der Waals surface area contributed by atoms with Crippen LogP contribution in [0.25, 0.3) is 11.8 Å². The third-order valence-electron chi connectivity index (χ3n) is 5.21. The number of carbonyl (C=O) groups is 3. The first-order chi connectivity index (χ1) is 15.3. The van der Waals surface area contributed by atoms with Gasteiger partial charge in [-0.2, -0.15) is 5.26 Å². The van der Waals surface area contributed by atoms with Crippen molar-refractivity contribution in [2.45, 2.75) is 13.8 Å². The van der Waals surface area contributed by atoms with E-state index in [2.05, 4.69) is 11.4 Å². The van der Waals surface area contributed by atoms with Crippen molar-refractivity contribution < 1.29 is 14.4 Å². The monoisotopic (exact) mass is 444 g/mol. The summed E-state index contributed by atoms with van der Waals surface area (Å²) in [5.74, 6) is -1.47. The molecule has 1 aliphatic rings. The van der Waals surface area contributed by atoms with Crippen LogP contribution < -0.4 is 10.2 Å². The number of halogens is 1. The van der Waals surface area contributed by atoms with E-state index in [9.17, 15) is 14.4 Å². The Morgan fingerprint density at radius 2 is 1.59 bits per heavy atom. The summed E-state index contributed by atoms with van der Waals surface area (Å²) < 4.78 is 1.96. The zero-order valence-electron chi connectivity index (χ0n) is 17.2. The number of aromatic nitrogens is 1. The van der Waals surface area contributed by atoms with Gasteiger partial charge < -0.3 is 4.57 Å². The summed E-state index contributed by atoms with van der Waals surface area (Å²) in [4.78, 5) is 38.8. The van der Waals surface area contributed by atoms with E-state index < -0.39 is 17.8 Å². The maximum absolute atomic E-state index is 13.1. The molecule has 1 saturated heterocycles. The van der Waals surface area contributed by atoms with Crippen LogP contribution in [0.4, 0.5) is 10.5 Å².